The first-order valence-electron chi connectivity index (χ1n) is 5.97. The molecule has 0 bridgehead atoms. The zero-order chi connectivity index (χ0) is 15.6. The molecular weight excluding hydrogens is 301 g/mol. The van der Waals surface area contributed by atoms with Gasteiger partial charge in [0, 0.05) is 0 Å². The van der Waals surface area contributed by atoms with Crippen molar-refractivity contribution >= 4 is 25.0 Å². The van der Waals surface area contributed by atoms with Crippen molar-refractivity contribution in [1.82, 2.24) is 9.97 Å². The van der Waals surface area contributed by atoms with Gasteiger partial charge in [0.15, 0.2) is 5.82 Å². The number of nitrogens with one attached hydrogen (secondary N) is 2. The van der Waals surface area contributed by atoms with Crippen molar-refractivity contribution in [2.45, 2.75) is 6.10 Å². The van der Waals surface area contributed by atoms with E-state index >= 15 is 0 Å². The fraction of sp³-hybridized carbons (Fsp3) is 0.400. The molecule has 1 aromatic heterocycles. The third-order valence-corrected chi connectivity index (χ3v) is 3.27. The van der Waals surface area contributed by atoms with Crippen molar-refractivity contribution < 1.29 is 19.1 Å². The maximum atomic E-state index is 11.7. The van der Waals surface area contributed by atoms with E-state index in [1.165, 1.54) is 6.08 Å². The van der Waals surface area contributed by atoms with Crippen LogP contribution in [0.25, 0.3) is 0 Å². The van der Waals surface area contributed by atoms with Crippen molar-refractivity contribution in [3.8, 4) is 0 Å². The highest BCUT2D eigenvalue weighted by atomic mass is 31.2. The van der Waals surface area contributed by atoms with Crippen LogP contribution in [-0.2, 0) is 9.30 Å². The molecule has 10 nitrogen and oxygen atoms in total. The minimum Gasteiger partial charge on any atom is -0.369 e. The van der Waals surface area contributed by atoms with Gasteiger partial charge in [-0.1, -0.05) is 6.08 Å². The molecular formula is C10H16N5O5P. The summed E-state index contributed by atoms with van der Waals surface area (Å²) in [4.78, 5) is 37.4. The second kappa shape index (κ2) is 5.86. The highest BCUT2D eigenvalue weighted by Gasteiger charge is 2.26. The van der Waals surface area contributed by atoms with Gasteiger partial charge in [0.25, 0.3) is 5.56 Å². The Morgan fingerprint density at radius 3 is 2.95 bits per heavy atom. The average molecular weight is 317 g/mol. The first kappa shape index (κ1) is 15.5. The predicted octanol–water partition coefficient (Wildman–Crippen LogP) is -0.752. The standard InChI is InChI=1S/C10H16N5O5P/c1-2-6(20-5-21(17,18)19)3-15-4-12-7-8(15)13-10(11)14-9(7)16/h2,6,12H,1,3-5H2,(H2,17,18,19)(H3,11,13,14,16). The van der Waals surface area contributed by atoms with E-state index in [0.717, 1.165) is 0 Å². The van der Waals surface area contributed by atoms with E-state index in [1.807, 2.05) is 0 Å². The molecule has 0 saturated heterocycles. The highest BCUT2D eigenvalue weighted by molar-refractivity contribution is 7.51. The molecule has 21 heavy (non-hydrogen) atoms. The Morgan fingerprint density at radius 2 is 2.33 bits per heavy atom. The van der Waals surface area contributed by atoms with Crippen LogP contribution >= 0.6 is 7.60 Å². The van der Waals surface area contributed by atoms with Gasteiger partial charge in [-0.3, -0.25) is 14.3 Å². The maximum Gasteiger partial charge on any atom is 0.351 e. The van der Waals surface area contributed by atoms with Gasteiger partial charge in [0.1, 0.15) is 12.0 Å². The highest BCUT2D eigenvalue weighted by Crippen LogP contribution is 2.34. The van der Waals surface area contributed by atoms with Gasteiger partial charge < -0.3 is 30.5 Å². The fourth-order valence-electron chi connectivity index (χ4n) is 1.87. The molecule has 6 N–H and O–H groups in total. The lowest BCUT2D eigenvalue weighted by molar-refractivity contribution is 0.113. The van der Waals surface area contributed by atoms with Crippen molar-refractivity contribution in [1.29, 1.82) is 0 Å². The summed E-state index contributed by atoms with van der Waals surface area (Å²) in [5.74, 6) is 0.349. The maximum absolute atomic E-state index is 11.7. The molecule has 1 unspecified atom stereocenters. The molecule has 1 aromatic rings. The fourth-order valence-corrected chi connectivity index (χ4v) is 2.26. The zero-order valence-corrected chi connectivity index (χ0v) is 11.9. The van der Waals surface area contributed by atoms with Crippen LogP contribution in [0, 0.1) is 0 Å². The Morgan fingerprint density at radius 1 is 1.62 bits per heavy atom. The summed E-state index contributed by atoms with van der Waals surface area (Å²) in [6.07, 6.45) is 0.0834. The lowest BCUT2D eigenvalue weighted by atomic mass is 10.3. The van der Waals surface area contributed by atoms with E-state index in [-0.39, 0.29) is 18.1 Å². The Bertz CT molecular complexity index is 641. The Balaban J connectivity index is 2.10. The predicted molar refractivity (Wildman–Crippen MR) is 77.1 cm³/mol. The molecule has 1 atom stereocenters. The minimum absolute atomic E-state index is 0.0151. The van der Waals surface area contributed by atoms with Crippen LogP contribution in [0.4, 0.5) is 17.5 Å². The summed E-state index contributed by atoms with van der Waals surface area (Å²) in [6, 6.07) is 0. The molecule has 0 amide bonds. The molecule has 0 spiro atoms. The first-order valence-corrected chi connectivity index (χ1v) is 7.77. The smallest absolute Gasteiger partial charge is 0.351 e. The lowest BCUT2D eigenvalue weighted by Crippen LogP contribution is -2.33. The van der Waals surface area contributed by atoms with E-state index in [1.54, 1.807) is 4.90 Å². The number of ether oxygens (including phenoxy) is 1. The SMILES string of the molecule is C=CC(CN1CNc2c1nc(N)[nH]c2=O)OCP(=O)(O)O. The molecule has 0 aliphatic carbocycles. The van der Waals surface area contributed by atoms with Gasteiger partial charge in [0.2, 0.25) is 5.95 Å². The van der Waals surface area contributed by atoms with Gasteiger partial charge >= 0.3 is 7.60 Å². The first-order chi connectivity index (χ1) is 9.80. The Kier molecular flexibility index (Phi) is 4.33. The number of fused-ring (bicyclic) bond motifs is 1. The van der Waals surface area contributed by atoms with Crippen LogP contribution in [0.3, 0.4) is 0 Å². The van der Waals surface area contributed by atoms with Crippen LogP contribution in [0.1, 0.15) is 0 Å². The van der Waals surface area contributed by atoms with Crippen LogP contribution in [-0.4, -0.2) is 45.4 Å². The van der Waals surface area contributed by atoms with Crippen molar-refractivity contribution in [2.24, 2.45) is 0 Å². The van der Waals surface area contributed by atoms with Gasteiger partial charge in [-0.2, -0.15) is 4.98 Å². The molecule has 0 radical (unpaired) electrons. The van der Waals surface area contributed by atoms with Gasteiger partial charge in [-0.15, -0.1) is 6.58 Å². The Hall–Kier alpha value is -1.87. The van der Waals surface area contributed by atoms with Crippen LogP contribution in [0.15, 0.2) is 17.4 Å². The quantitative estimate of drug-likeness (QED) is 0.336. The zero-order valence-electron chi connectivity index (χ0n) is 11.0. The number of hydrogen-bond acceptors (Lipinski definition) is 7. The number of nitrogens with zero attached hydrogens (tertiary/aromatic N) is 2. The number of aromatic amines is 1. The third-order valence-electron chi connectivity index (χ3n) is 2.78. The molecule has 11 heteroatoms. The molecule has 0 saturated carbocycles. The number of hydrogen-bond donors (Lipinski definition) is 5. The summed E-state index contributed by atoms with van der Waals surface area (Å²) in [7, 11) is -4.25. The minimum atomic E-state index is -4.25. The molecule has 2 rings (SSSR count). The van der Waals surface area contributed by atoms with E-state index in [9.17, 15) is 9.36 Å². The van der Waals surface area contributed by atoms with Crippen LogP contribution in [0.2, 0.25) is 0 Å². The molecule has 2 heterocycles. The van der Waals surface area contributed by atoms with E-state index in [4.69, 9.17) is 20.3 Å². The number of anilines is 3. The number of aromatic nitrogens is 2. The summed E-state index contributed by atoms with van der Waals surface area (Å²) in [5.41, 5.74) is 5.41. The van der Waals surface area contributed by atoms with E-state index < -0.39 is 20.0 Å². The van der Waals surface area contributed by atoms with Crippen LogP contribution < -0.4 is 21.5 Å². The van der Waals surface area contributed by atoms with Gasteiger partial charge in [0.05, 0.1) is 19.3 Å². The van der Waals surface area contributed by atoms with Crippen LogP contribution in [0.5, 0.6) is 0 Å². The average Bonchev–Trinajstić information content (AvgIpc) is 2.76. The van der Waals surface area contributed by atoms with E-state index in [0.29, 0.717) is 18.2 Å². The molecule has 1 aliphatic rings. The van der Waals surface area contributed by atoms with Crippen molar-refractivity contribution in [3.05, 3.63) is 23.0 Å². The van der Waals surface area contributed by atoms with Gasteiger partial charge in [-0.05, 0) is 0 Å². The number of nitrogens with two attached hydrogens (primary N) is 1. The second-order valence-corrected chi connectivity index (χ2v) is 6.03. The largest absolute Gasteiger partial charge is 0.369 e. The topological polar surface area (TPSA) is 154 Å². The van der Waals surface area contributed by atoms with Crippen molar-refractivity contribution in [3.63, 3.8) is 0 Å². The molecule has 1 aliphatic heterocycles. The monoisotopic (exact) mass is 317 g/mol. The summed E-state index contributed by atoms with van der Waals surface area (Å²) in [6.45, 7) is 4.08. The normalized spacial score (nSPS) is 15.4. The van der Waals surface area contributed by atoms with E-state index in [2.05, 4.69) is 21.9 Å². The lowest BCUT2D eigenvalue weighted by Gasteiger charge is -2.22. The third kappa shape index (κ3) is 3.82. The molecule has 0 aromatic carbocycles. The summed E-state index contributed by atoms with van der Waals surface area (Å²) < 4.78 is 15.9. The van der Waals surface area contributed by atoms with Gasteiger partial charge in [-0.25, -0.2) is 0 Å². The molecule has 0 fully saturated rings. The number of H-pyrrole nitrogens is 1. The number of rotatable bonds is 6. The summed E-state index contributed by atoms with van der Waals surface area (Å²) in [5, 5.41) is 2.87. The molecule has 116 valence electrons. The summed E-state index contributed by atoms with van der Waals surface area (Å²) >= 11 is 0. The number of nitrogen functional groups attached to an aromatic ring is 1. The van der Waals surface area contributed by atoms with Crippen molar-refractivity contribution in [2.75, 3.05) is 35.5 Å². The second-order valence-electron chi connectivity index (χ2n) is 4.44. The Labute approximate surface area is 119 Å².